The average Bonchev–Trinajstić information content (AvgIpc) is 2.29. The van der Waals surface area contributed by atoms with Crippen molar-refractivity contribution in [1.82, 2.24) is 0 Å². The first-order chi connectivity index (χ1) is 8.11. The first-order valence-corrected chi connectivity index (χ1v) is 5.90. The van der Waals surface area contributed by atoms with Gasteiger partial charge < -0.3 is 9.47 Å². The summed E-state index contributed by atoms with van der Waals surface area (Å²) in [4.78, 5) is 11.5. The van der Waals surface area contributed by atoms with E-state index in [0.717, 1.165) is 17.7 Å². The fourth-order valence-corrected chi connectivity index (χ4v) is 1.37. The van der Waals surface area contributed by atoms with Crippen molar-refractivity contribution in [3.63, 3.8) is 0 Å². The van der Waals surface area contributed by atoms with Crippen molar-refractivity contribution in [2.75, 3.05) is 13.7 Å². The highest BCUT2D eigenvalue weighted by molar-refractivity contribution is 5.72. The van der Waals surface area contributed by atoms with Crippen LogP contribution in [-0.4, -0.2) is 19.7 Å². The molecule has 3 heteroatoms. The van der Waals surface area contributed by atoms with Gasteiger partial charge in [0.1, 0.15) is 5.75 Å². The molecule has 0 spiro atoms. The van der Waals surface area contributed by atoms with Crippen LogP contribution in [-0.2, 0) is 16.0 Å². The predicted octanol–water partition coefficient (Wildman–Crippen LogP) is 2.83. The number of carbonyl (C=O) groups excluding carboxylic acids is 1. The van der Waals surface area contributed by atoms with Crippen LogP contribution in [0.4, 0.5) is 0 Å². The largest absolute Gasteiger partial charge is 0.497 e. The lowest BCUT2D eigenvalue weighted by atomic mass is 10.1. The molecule has 0 aromatic heterocycles. The third kappa shape index (κ3) is 5.38. The smallest absolute Gasteiger partial charge is 0.310 e. The average molecular weight is 236 g/mol. The summed E-state index contributed by atoms with van der Waals surface area (Å²) in [7, 11) is 1.62. The summed E-state index contributed by atoms with van der Waals surface area (Å²) in [5.74, 6) is 1.18. The molecule has 0 N–H and O–H groups in total. The van der Waals surface area contributed by atoms with Gasteiger partial charge in [-0.2, -0.15) is 0 Å². The van der Waals surface area contributed by atoms with E-state index in [1.165, 1.54) is 0 Å². The number of esters is 1. The van der Waals surface area contributed by atoms with E-state index < -0.39 is 0 Å². The summed E-state index contributed by atoms with van der Waals surface area (Å²) in [5, 5.41) is 0. The minimum Gasteiger partial charge on any atom is -0.497 e. The van der Waals surface area contributed by atoms with Gasteiger partial charge in [0, 0.05) is 0 Å². The number of hydrogen-bond acceptors (Lipinski definition) is 3. The highest BCUT2D eigenvalue weighted by atomic mass is 16.5. The van der Waals surface area contributed by atoms with E-state index >= 15 is 0 Å². The minimum atomic E-state index is -0.171. The summed E-state index contributed by atoms with van der Waals surface area (Å²) in [5.41, 5.74) is 0.945. The highest BCUT2D eigenvalue weighted by Crippen LogP contribution is 2.12. The normalized spacial score (nSPS) is 10.4. The van der Waals surface area contributed by atoms with E-state index in [2.05, 4.69) is 13.8 Å². The maximum atomic E-state index is 11.5. The van der Waals surface area contributed by atoms with Crippen molar-refractivity contribution >= 4 is 5.97 Å². The molecule has 0 aliphatic carbocycles. The molecule has 0 saturated carbocycles. The second-order valence-corrected chi connectivity index (χ2v) is 4.43. The van der Waals surface area contributed by atoms with Gasteiger partial charge >= 0.3 is 5.97 Å². The lowest BCUT2D eigenvalue weighted by Gasteiger charge is -2.07. The van der Waals surface area contributed by atoms with Crippen molar-refractivity contribution in [2.24, 2.45) is 5.92 Å². The van der Waals surface area contributed by atoms with Crippen LogP contribution in [0.2, 0.25) is 0 Å². The molecule has 0 aliphatic heterocycles. The summed E-state index contributed by atoms with van der Waals surface area (Å²) in [6.45, 7) is 4.72. The second kappa shape index (κ2) is 6.94. The van der Waals surface area contributed by atoms with Gasteiger partial charge in [-0.3, -0.25) is 4.79 Å². The molecule has 0 unspecified atom stereocenters. The van der Waals surface area contributed by atoms with Gasteiger partial charge in [0.15, 0.2) is 0 Å². The van der Waals surface area contributed by atoms with Crippen LogP contribution in [0.15, 0.2) is 24.3 Å². The number of methoxy groups -OCH3 is 1. The maximum Gasteiger partial charge on any atom is 0.310 e. The van der Waals surface area contributed by atoms with Crippen LogP contribution in [0.25, 0.3) is 0 Å². The lowest BCUT2D eigenvalue weighted by Crippen LogP contribution is -2.10. The molecule has 0 amide bonds. The Morgan fingerprint density at radius 2 is 1.88 bits per heavy atom. The molecule has 1 rings (SSSR count). The fourth-order valence-electron chi connectivity index (χ4n) is 1.37. The van der Waals surface area contributed by atoms with Crippen molar-refractivity contribution in [3.8, 4) is 5.75 Å². The van der Waals surface area contributed by atoms with Crippen LogP contribution in [0, 0.1) is 5.92 Å². The van der Waals surface area contributed by atoms with Crippen LogP contribution in [0.3, 0.4) is 0 Å². The Balaban J connectivity index is 2.34. The molecule has 0 radical (unpaired) electrons. The van der Waals surface area contributed by atoms with E-state index in [-0.39, 0.29) is 5.97 Å². The zero-order valence-electron chi connectivity index (χ0n) is 10.7. The minimum absolute atomic E-state index is 0.171. The number of benzene rings is 1. The van der Waals surface area contributed by atoms with E-state index in [1.54, 1.807) is 7.11 Å². The van der Waals surface area contributed by atoms with E-state index in [0.29, 0.717) is 18.9 Å². The SMILES string of the molecule is COc1ccc(CC(=O)OCCC(C)C)cc1. The van der Waals surface area contributed by atoms with Gasteiger partial charge in [-0.15, -0.1) is 0 Å². The molecule has 0 heterocycles. The van der Waals surface area contributed by atoms with Gasteiger partial charge in [-0.05, 0) is 30.0 Å². The molecule has 17 heavy (non-hydrogen) atoms. The van der Waals surface area contributed by atoms with Crippen LogP contribution >= 0.6 is 0 Å². The zero-order valence-corrected chi connectivity index (χ0v) is 10.7. The van der Waals surface area contributed by atoms with Crippen molar-refractivity contribution < 1.29 is 14.3 Å². The molecule has 94 valence electrons. The third-order valence-corrected chi connectivity index (χ3v) is 2.47. The van der Waals surface area contributed by atoms with Gasteiger partial charge in [0.05, 0.1) is 20.1 Å². The van der Waals surface area contributed by atoms with Crippen molar-refractivity contribution in [3.05, 3.63) is 29.8 Å². The van der Waals surface area contributed by atoms with Crippen LogP contribution in [0.1, 0.15) is 25.8 Å². The van der Waals surface area contributed by atoms with E-state index in [9.17, 15) is 4.79 Å². The fraction of sp³-hybridized carbons (Fsp3) is 0.500. The Bertz CT molecular complexity index is 341. The number of rotatable bonds is 6. The van der Waals surface area contributed by atoms with Gasteiger partial charge in [-0.1, -0.05) is 26.0 Å². The number of carbonyl (C=O) groups is 1. The standard InChI is InChI=1S/C14H20O3/c1-11(2)8-9-17-14(15)10-12-4-6-13(16-3)7-5-12/h4-7,11H,8-10H2,1-3H3. The molecule has 3 nitrogen and oxygen atoms in total. The Hall–Kier alpha value is -1.51. The monoisotopic (exact) mass is 236 g/mol. The maximum absolute atomic E-state index is 11.5. The summed E-state index contributed by atoms with van der Waals surface area (Å²) in [6, 6.07) is 7.44. The quantitative estimate of drug-likeness (QED) is 0.712. The molecule has 0 bridgehead atoms. The molecule has 0 aliphatic rings. The Kier molecular flexibility index (Phi) is 5.53. The Morgan fingerprint density at radius 3 is 2.41 bits per heavy atom. The lowest BCUT2D eigenvalue weighted by molar-refractivity contribution is -0.143. The summed E-state index contributed by atoms with van der Waals surface area (Å²) >= 11 is 0. The first kappa shape index (κ1) is 13.6. The van der Waals surface area contributed by atoms with Gasteiger partial charge in [-0.25, -0.2) is 0 Å². The number of ether oxygens (including phenoxy) is 2. The third-order valence-electron chi connectivity index (χ3n) is 2.47. The Morgan fingerprint density at radius 1 is 1.24 bits per heavy atom. The molecule has 1 aromatic carbocycles. The molecule has 0 saturated heterocycles. The Labute approximate surface area is 103 Å². The molecular weight excluding hydrogens is 216 g/mol. The molecule has 1 aromatic rings. The van der Waals surface area contributed by atoms with Crippen molar-refractivity contribution in [2.45, 2.75) is 26.7 Å². The van der Waals surface area contributed by atoms with Gasteiger partial charge in [0.2, 0.25) is 0 Å². The van der Waals surface area contributed by atoms with Gasteiger partial charge in [0.25, 0.3) is 0 Å². The second-order valence-electron chi connectivity index (χ2n) is 4.43. The number of hydrogen-bond donors (Lipinski definition) is 0. The summed E-state index contributed by atoms with van der Waals surface area (Å²) < 4.78 is 10.2. The van der Waals surface area contributed by atoms with E-state index in [1.807, 2.05) is 24.3 Å². The first-order valence-electron chi connectivity index (χ1n) is 5.90. The van der Waals surface area contributed by atoms with Crippen LogP contribution < -0.4 is 4.74 Å². The zero-order chi connectivity index (χ0) is 12.7. The van der Waals surface area contributed by atoms with E-state index in [4.69, 9.17) is 9.47 Å². The molecular formula is C14H20O3. The van der Waals surface area contributed by atoms with Crippen molar-refractivity contribution in [1.29, 1.82) is 0 Å². The summed E-state index contributed by atoms with van der Waals surface area (Å²) in [6.07, 6.45) is 1.23. The van der Waals surface area contributed by atoms with Crippen LogP contribution in [0.5, 0.6) is 5.75 Å². The highest BCUT2D eigenvalue weighted by Gasteiger charge is 2.05. The predicted molar refractivity (Wildman–Crippen MR) is 67.1 cm³/mol. The molecule has 0 atom stereocenters. The topological polar surface area (TPSA) is 35.5 Å². The molecule has 0 fully saturated rings.